The predicted molar refractivity (Wildman–Crippen MR) is 90.0 cm³/mol. The van der Waals surface area contributed by atoms with Crippen molar-refractivity contribution in [1.82, 2.24) is 9.62 Å². The summed E-state index contributed by atoms with van der Waals surface area (Å²) in [6.07, 6.45) is 0.733. The fourth-order valence-electron chi connectivity index (χ4n) is 2.24. The van der Waals surface area contributed by atoms with E-state index in [2.05, 4.69) is 5.32 Å². The van der Waals surface area contributed by atoms with Crippen molar-refractivity contribution < 1.29 is 17.9 Å². The first-order valence-electron chi connectivity index (χ1n) is 7.80. The minimum Gasteiger partial charge on any atom is -0.383 e. The van der Waals surface area contributed by atoms with Crippen LogP contribution in [0.2, 0.25) is 0 Å². The Hall–Kier alpha value is -1.44. The van der Waals surface area contributed by atoms with Crippen LogP contribution in [0.1, 0.15) is 37.6 Å². The van der Waals surface area contributed by atoms with Gasteiger partial charge >= 0.3 is 0 Å². The Labute approximate surface area is 138 Å². The molecule has 6 nitrogen and oxygen atoms in total. The van der Waals surface area contributed by atoms with Gasteiger partial charge in [-0.05, 0) is 24.6 Å². The number of sulfonamides is 1. The maximum Gasteiger partial charge on any atom is 0.251 e. The van der Waals surface area contributed by atoms with Crippen LogP contribution >= 0.6 is 0 Å². The average molecular weight is 342 g/mol. The highest BCUT2D eigenvalue weighted by molar-refractivity contribution is 7.89. The van der Waals surface area contributed by atoms with E-state index in [1.165, 1.54) is 16.4 Å². The molecule has 0 fully saturated rings. The first-order chi connectivity index (χ1) is 10.9. The lowest BCUT2D eigenvalue weighted by atomic mass is 10.2. The first-order valence-corrected chi connectivity index (χ1v) is 9.24. The highest BCUT2D eigenvalue weighted by Crippen LogP contribution is 2.17. The Morgan fingerprint density at radius 3 is 2.43 bits per heavy atom. The van der Waals surface area contributed by atoms with Crippen LogP contribution in [0, 0.1) is 0 Å². The van der Waals surface area contributed by atoms with Crippen LogP contribution < -0.4 is 5.32 Å². The molecule has 1 aromatic carbocycles. The molecule has 0 aliphatic rings. The molecule has 0 saturated carbocycles. The number of carbonyl (C=O) groups excluding carboxylic acids is 1. The molecule has 130 valence electrons. The molecule has 23 heavy (non-hydrogen) atoms. The topological polar surface area (TPSA) is 75.7 Å². The number of hydrogen-bond donors (Lipinski definition) is 1. The number of carbonyl (C=O) groups is 1. The number of methoxy groups -OCH3 is 1. The molecule has 0 heterocycles. The summed E-state index contributed by atoms with van der Waals surface area (Å²) in [5, 5.41) is 2.85. The van der Waals surface area contributed by atoms with E-state index in [-0.39, 0.29) is 16.8 Å². The SMILES string of the molecule is CC[C@H](COC)NC(=O)c1cccc(S(=O)(=O)N(CC)CC)c1. The summed E-state index contributed by atoms with van der Waals surface area (Å²) in [6.45, 7) is 6.72. The lowest BCUT2D eigenvalue weighted by molar-refractivity contribution is 0.0894. The number of amides is 1. The van der Waals surface area contributed by atoms with Gasteiger partial charge in [-0.25, -0.2) is 8.42 Å². The molecule has 0 bridgehead atoms. The lowest BCUT2D eigenvalue weighted by Crippen LogP contribution is -2.37. The summed E-state index contributed by atoms with van der Waals surface area (Å²) in [7, 11) is -2.00. The van der Waals surface area contributed by atoms with Crippen LogP contribution in [-0.2, 0) is 14.8 Å². The van der Waals surface area contributed by atoms with E-state index in [1.807, 2.05) is 6.92 Å². The lowest BCUT2D eigenvalue weighted by Gasteiger charge is -2.19. The van der Waals surface area contributed by atoms with Gasteiger partial charge < -0.3 is 10.1 Å². The summed E-state index contributed by atoms with van der Waals surface area (Å²) < 4.78 is 31.5. The minimum atomic E-state index is -3.57. The number of nitrogens with zero attached hydrogens (tertiary/aromatic N) is 1. The van der Waals surface area contributed by atoms with Crippen molar-refractivity contribution in [3.63, 3.8) is 0 Å². The quantitative estimate of drug-likeness (QED) is 0.743. The molecule has 0 aromatic heterocycles. The van der Waals surface area contributed by atoms with Crippen LogP contribution in [-0.4, -0.2) is 51.5 Å². The van der Waals surface area contributed by atoms with Crippen LogP contribution in [0.3, 0.4) is 0 Å². The van der Waals surface area contributed by atoms with Gasteiger partial charge in [-0.2, -0.15) is 4.31 Å². The zero-order chi connectivity index (χ0) is 17.5. The highest BCUT2D eigenvalue weighted by Gasteiger charge is 2.22. The van der Waals surface area contributed by atoms with E-state index in [9.17, 15) is 13.2 Å². The van der Waals surface area contributed by atoms with Crippen LogP contribution in [0.15, 0.2) is 29.2 Å². The van der Waals surface area contributed by atoms with Crippen molar-refractivity contribution in [2.24, 2.45) is 0 Å². The van der Waals surface area contributed by atoms with Gasteiger partial charge in [0, 0.05) is 25.8 Å². The number of rotatable bonds is 9. The van der Waals surface area contributed by atoms with Crippen LogP contribution in [0.5, 0.6) is 0 Å². The van der Waals surface area contributed by atoms with Crippen molar-refractivity contribution in [2.45, 2.75) is 38.1 Å². The average Bonchev–Trinajstić information content (AvgIpc) is 2.55. The monoisotopic (exact) mass is 342 g/mol. The molecule has 1 amide bonds. The Morgan fingerprint density at radius 2 is 1.91 bits per heavy atom. The van der Waals surface area contributed by atoms with Crippen molar-refractivity contribution in [1.29, 1.82) is 0 Å². The minimum absolute atomic E-state index is 0.101. The maximum absolute atomic E-state index is 12.5. The fourth-order valence-corrected chi connectivity index (χ4v) is 3.75. The van der Waals surface area contributed by atoms with Gasteiger partial charge in [-0.1, -0.05) is 26.8 Å². The van der Waals surface area contributed by atoms with Crippen molar-refractivity contribution >= 4 is 15.9 Å². The second kappa shape index (κ2) is 9.00. The van der Waals surface area contributed by atoms with Gasteiger partial charge in [0.05, 0.1) is 17.5 Å². The van der Waals surface area contributed by atoms with Gasteiger partial charge in [-0.15, -0.1) is 0 Å². The summed E-state index contributed by atoms with van der Waals surface area (Å²) in [5.41, 5.74) is 0.327. The molecule has 1 rings (SSSR count). The largest absolute Gasteiger partial charge is 0.383 e. The number of ether oxygens (including phenoxy) is 1. The van der Waals surface area contributed by atoms with Gasteiger partial charge in [0.2, 0.25) is 10.0 Å². The van der Waals surface area contributed by atoms with Gasteiger partial charge in [0.1, 0.15) is 0 Å². The van der Waals surface area contributed by atoms with E-state index < -0.39 is 10.0 Å². The van der Waals surface area contributed by atoms with Gasteiger partial charge in [0.15, 0.2) is 0 Å². The molecular weight excluding hydrogens is 316 g/mol. The second-order valence-electron chi connectivity index (χ2n) is 5.15. The zero-order valence-corrected chi connectivity index (χ0v) is 15.0. The third-order valence-corrected chi connectivity index (χ3v) is 5.68. The van der Waals surface area contributed by atoms with Crippen LogP contribution in [0.25, 0.3) is 0 Å². The van der Waals surface area contributed by atoms with E-state index in [0.29, 0.717) is 25.3 Å². The number of nitrogens with one attached hydrogen (secondary N) is 1. The summed E-state index contributed by atoms with van der Waals surface area (Å²) in [6, 6.07) is 6.02. The summed E-state index contributed by atoms with van der Waals surface area (Å²) in [4.78, 5) is 12.4. The number of hydrogen-bond acceptors (Lipinski definition) is 4. The predicted octanol–water partition coefficient (Wildman–Crippen LogP) is 1.87. The molecule has 1 atom stereocenters. The molecule has 1 N–H and O–H groups in total. The van der Waals surface area contributed by atoms with Gasteiger partial charge in [0.25, 0.3) is 5.91 Å². The summed E-state index contributed by atoms with van der Waals surface area (Å²) in [5.74, 6) is -0.300. The Balaban J connectivity index is 3.03. The van der Waals surface area contributed by atoms with Gasteiger partial charge in [-0.3, -0.25) is 4.79 Å². The Morgan fingerprint density at radius 1 is 1.26 bits per heavy atom. The smallest absolute Gasteiger partial charge is 0.251 e. The van der Waals surface area contributed by atoms with E-state index >= 15 is 0 Å². The zero-order valence-electron chi connectivity index (χ0n) is 14.2. The van der Waals surface area contributed by atoms with Crippen molar-refractivity contribution in [3.8, 4) is 0 Å². The molecule has 7 heteroatoms. The molecule has 1 aromatic rings. The molecular formula is C16H26N2O4S. The fraction of sp³-hybridized carbons (Fsp3) is 0.562. The second-order valence-corrected chi connectivity index (χ2v) is 7.09. The normalized spacial score (nSPS) is 13.1. The number of benzene rings is 1. The Kier molecular flexibility index (Phi) is 7.67. The molecule has 0 radical (unpaired) electrons. The molecule has 0 aliphatic heterocycles. The molecule has 0 spiro atoms. The van der Waals surface area contributed by atoms with Crippen molar-refractivity contribution in [2.75, 3.05) is 26.8 Å². The van der Waals surface area contributed by atoms with Crippen LogP contribution in [0.4, 0.5) is 0 Å². The Bertz CT molecular complexity index is 612. The maximum atomic E-state index is 12.5. The first kappa shape index (κ1) is 19.6. The highest BCUT2D eigenvalue weighted by atomic mass is 32.2. The standard InChI is InChI=1S/C16H26N2O4S/c1-5-14(12-22-4)17-16(19)13-9-8-10-15(11-13)23(20,21)18(6-2)7-3/h8-11,14H,5-7,12H2,1-4H3,(H,17,19)/t14-/m1/s1. The third kappa shape index (κ3) is 5.02. The van der Waals surface area contributed by atoms with E-state index in [0.717, 1.165) is 6.42 Å². The van der Waals surface area contributed by atoms with E-state index in [4.69, 9.17) is 4.74 Å². The molecule has 0 aliphatic carbocycles. The summed E-state index contributed by atoms with van der Waals surface area (Å²) >= 11 is 0. The third-order valence-electron chi connectivity index (χ3n) is 3.64. The molecule has 0 unspecified atom stereocenters. The van der Waals surface area contributed by atoms with E-state index in [1.54, 1.807) is 33.1 Å². The molecule has 0 saturated heterocycles. The van der Waals surface area contributed by atoms with Crippen molar-refractivity contribution in [3.05, 3.63) is 29.8 Å².